The van der Waals surface area contributed by atoms with Crippen LogP contribution in [0.4, 0.5) is 5.69 Å². The third-order valence-electron chi connectivity index (χ3n) is 4.78. The monoisotopic (exact) mass is 259 g/mol. The van der Waals surface area contributed by atoms with Crippen molar-refractivity contribution in [2.75, 3.05) is 18.5 Å². The van der Waals surface area contributed by atoms with Crippen molar-refractivity contribution in [3.63, 3.8) is 0 Å². The summed E-state index contributed by atoms with van der Waals surface area (Å²) in [4.78, 5) is 0. The summed E-state index contributed by atoms with van der Waals surface area (Å²) < 4.78 is 5.60. The average Bonchev–Trinajstić information content (AvgIpc) is 3.06. The summed E-state index contributed by atoms with van der Waals surface area (Å²) in [6.45, 7) is 4.08. The second-order valence-electron chi connectivity index (χ2n) is 6.19. The van der Waals surface area contributed by atoms with Crippen LogP contribution in [0, 0.1) is 17.8 Å². The van der Waals surface area contributed by atoms with Crippen molar-refractivity contribution in [3.05, 3.63) is 24.3 Å². The summed E-state index contributed by atoms with van der Waals surface area (Å²) in [6.07, 6.45) is 6.97. The van der Waals surface area contributed by atoms with Crippen molar-refractivity contribution < 1.29 is 4.74 Å². The molecule has 1 aromatic rings. The number of nitrogens with one attached hydrogen (secondary N) is 1. The molecule has 2 saturated carbocycles. The van der Waals surface area contributed by atoms with Crippen molar-refractivity contribution in [2.24, 2.45) is 17.8 Å². The van der Waals surface area contributed by atoms with E-state index in [1.165, 1.54) is 31.4 Å². The lowest BCUT2D eigenvalue weighted by atomic mass is 9.89. The van der Waals surface area contributed by atoms with Gasteiger partial charge in [0.15, 0.2) is 0 Å². The predicted molar refractivity (Wildman–Crippen MR) is 79.7 cm³/mol. The second kappa shape index (κ2) is 5.85. The molecule has 0 aliphatic heterocycles. The Kier molecular flexibility index (Phi) is 3.95. The van der Waals surface area contributed by atoms with Crippen molar-refractivity contribution in [3.8, 4) is 5.75 Å². The molecule has 3 unspecified atom stereocenters. The molecule has 0 radical (unpaired) electrons. The van der Waals surface area contributed by atoms with Gasteiger partial charge in [0.05, 0.1) is 6.61 Å². The quantitative estimate of drug-likeness (QED) is 0.821. The lowest BCUT2D eigenvalue weighted by molar-refractivity contribution is 0.317. The number of fused-ring (bicyclic) bond motifs is 2. The van der Waals surface area contributed by atoms with Crippen molar-refractivity contribution >= 4 is 5.69 Å². The summed E-state index contributed by atoms with van der Waals surface area (Å²) in [5.41, 5.74) is 1.23. The Morgan fingerprint density at radius 2 is 2.00 bits per heavy atom. The third kappa shape index (κ3) is 3.05. The maximum absolute atomic E-state index is 5.60. The first-order chi connectivity index (χ1) is 9.35. The Morgan fingerprint density at radius 3 is 2.63 bits per heavy atom. The molecule has 104 valence electrons. The maximum atomic E-state index is 5.60. The predicted octanol–water partition coefficient (Wildman–Crippen LogP) is 4.32. The highest BCUT2D eigenvalue weighted by Gasteiger charge is 2.38. The molecule has 0 aromatic heterocycles. The third-order valence-corrected chi connectivity index (χ3v) is 4.78. The number of hydrogen-bond acceptors (Lipinski definition) is 2. The van der Waals surface area contributed by atoms with Gasteiger partial charge in [-0.05, 0) is 67.7 Å². The molecule has 3 atom stereocenters. The van der Waals surface area contributed by atoms with Crippen LogP contribution in [0.25, 0.3) is 0 Å². The van der Waals surface area contributed by atoms with Gasteiger partial charge < -0.3 is 10.1 Å². The second-order valence-corrected chi connectivity index (χ2v) is 6.19. The van der Waals surface area contributed by atoms with Gasteiger partial charge in [0.25, 0.3) is 0 Å². The van der Waals surface area contributed by atoms with Gasteiger partial charge in [-0.25, -0.2) is 0 Å². The van der Waals surface area contributed by atoms with Crippen LogP contribution in [0.3, 0.4) is 0 Å². The Labute approximate surface area is 116 Å². The van der Waals surface area contributed by atoms with E-state index < -0.39 is 0 Å². The van der Waals surface area contributed by atoms with E-state index in [-0.39, 0.29) is 0 Å². The molecule has 0 heterocycles. The molecule has 19 heavy (non-hydrogen) atoms. The first-order valence-corrected chi connectivity index (χ1v) is 7.82. The Balaban J connectivity index is 1.47. The van der Waals surface area contributed by atoms with Crippen LogP contribution in [-0.4, -0.2) is 13.2 Å². The number of benzene rings is 1. The fourth-order valence-corrected chi connectivity index (χ4v) is 3.76. The zero-order valence-electron chi connectivity index (χ0n) is 11.9. The molecule has 2 aliphatic carbocycles. The zero-order chi connectivity index (χ0) is 13.1. The first kappa shape index (κ1) is 12.8. The van der Waals surface area contributed by atoms with E-state index in [0.29, 0.717) is 0 Å². The fraction of sp³-hybridized carbons (Fsp3) is 0.647. The number of anilines is 1. The summed E-state index contributed by atoms with van der Waals surface area (Å²) in [5.74, 6) is 3.94. The normalized spacial score (nSPS) is 28.6. The first-order valence-electron chi connectivity index (χ1n) is 7.82. The Morgan fingerprint density at radius 1 is 1.16 bits per heavy atom. The summed E-state index contributed by atoms with van der Waals surface area (Å²) in [5, 5.41) is 3.60. The van der Waals surface area contributed by atoms with Gasteiger partial charge in [-0.1, -0.05) is 13.3 Å². The molecule has 2 heteroatoms. The van der Waals surface area contributed by atoms with E-state index in [4.69, 9.17) is 4.74 Å². The van der Waals surface area contributed by atoms with E-state index in [9.17, 15) is 0 Å². The molecular formula is C17H25NO. The molecule has 0 spiro atoms. The highest BCUT2D eigenvalue weighted by molar-refractivity contribution is 5.46. The van der Waals surface area contributed by atoms with E-state index >= 15 is 0 Å². The Bertz CT molecular complexity index is 400. The molecule has 2 fully saturated rings. The van der Waals surface area contributed by atoms with Gasteiger partial charge in [-0.2, -0.15) is 0 Å². The Hall–Kier alpha value is -1.18. The largest absolute Gasteiger partial charge is 0.494 e. The molecule has 3 rings (SSSR count). The minimum Gasteiger partial charge on any atom is -0.494 e. The van der Waals surface area contributed by atoms with E-state index in [1.807, 2.05) is 0 Å². The maximum Gasteiger partial charge on any atom is 0.119 e. The molecule has 0 amide bonds. The lowest BCUT2D eigenvalue weighted by Gasteiger charge is -2.22. The summed E-state index contributed by atoms with van der Waals surface area (Å²) in [6, 6.07) is 8.41. The van der Waals surface area contributed by atoms with Crippen LogP contribution in [0.2, 0.25) is 0 Å². The highest BCUT2D eigenvalue weighted by atomic mass is 16.5. The van der Waals surface area contributed by atoms with Crippen molar-refractivity contribution in [1.82, 2.24) is 0 Å². The van der Waals surface area contributed by atoms with Gasteiger partial charge in [-0.3, -0.25) is 0 Å². The van der Waals surface area contributed by atoms with Gasteiger partial charge in [0, 0.05) is 12.2 Å². The van der Waals surface area contributed by atoms with Crippen LogP contribution < -0.4 is 10.1 Å². The van der Waals surface area contributed by atoms with Crippen LogP contribution in [-0.2, 0) is 0 Å². The van der Waals surface area contributed by atoms with E-state index in [1.54, 1.807) is 0 Å². The average molecular weight is 259 g/mol. The van der Waals surface area contributed by atoms with Gasteiger partial charge >= 0.3 is 0 Å². The highest BCUT2D eigenvalue weighted by Crippen LogP contribution is 2.48. The summed E-state index contributed by atoms with van der Waals surface area (Å²) >= 11 is 0. The molecule has 2 nitrogen and oxygen atoms in total. The summed E-state index contributed by atoms with van der Waals surface area (Å²) in [7, 11) is 0. The topological polar surface area (TPSA) is 21.3 Å². The molecule has 2 bridgehead atoms. The van der Waals surface area contributed by atoms with Crippen molar-refractivity contribution in [1.29, 1.82) is 0 Å². The molecule has 2 aliphatic rings. The standard InChI is InChI=1S/C17H25NO/c1-2-9-19-17-7-5-16(6-8-17)18-12-15-11-13-3-4-14(15)10-13/h5-8,13-15,18H,2-4,9-12H2,1H3. The van der Waals surface area contributed by atoms with Crippen LogP contribution in [0.1, 0.15) is 39.0 Å². The fourth-order valence-electron chi connectivity index (χ4n) is 3.76. The van der Waals surface area contributed by atoms with Crippen LogP contribution >= 0.6 is 0 Å². The minimum absolute atomic E-state index is 0.803. The zero-order valence-corrected chi connectivity index (χ0v) is 11.9. The molecule has 0 saturated heterocycles. The number of hydrogen-bond donors (Lipinski definition) is 1. The van der Waals surface area contributed by atoms with Crippen molar-refractivity contribution in [2.45, 2.75) is 39.0 Å². The van der Waals surface area contributed by atoms with Gasteiger partial charge in [0.1, 0.15) is 5.75 Å². The molecule has 1 N–H and O–H groups in total. The van der Waals surface area contributed by atoms with Gasteiger partial charge in [-0.15, -0.1) is 0 Å². The SMILES string of the molecule is CCCOc1ccc(NCC2CC3CCC2C3)cc1. The lowest BCUT2D eigenvalue weighted by Crippen LogP contribution is -2.20. The number of ether oxygens (including phenoxy) is 1. The van der Waals surface area contributed by atoms with Gasteiger partial charge in [0.2, 0.25) is 0 Å². The van der Waals surface area contributed by atoms with E-state index in [0.717, 1.165) is 43.1 Å². The molecule has 1 aromatic carbocycles. The van der Waals surface area contributed by atoms with Crippen LogP contribution in [0.5, 0.6) is 5.75 Å². The minimum atomic E-state index is 0.803. The van der Waals surface area contributed by atoms with E-state index in [2.05, 4.69) is 36.5 Å². The smallest absolute Gasteiger partial charge is 0.119 e. The molecular weight excluding hydrogens is 234 g/mol. The van der Waals surface area contributed by atoms with Crippen LogP contribution in [0.15, 0.2) is 24.3 Å². The number of rotatable bonds is 6.